The number of esters is 1. The summed E-state index contributed by atoms with van der Waals surface area (Å²) in [6, 6.07) is 7.34. The zero-order valence-electron chi connectivity index (χ0n) is 16.9. The van der Waals surface area contributed by atoms with Crippen molar-refractivity contribution in [3.8, 4) is 0 Å². The minimum Gasteiger partial charge on any atom is -0.466 e. The topological polar surface area (TPSA) is 29.5 Å². The lowest BCUT2D eigenvalue weighted by Gasteiger charge is -2.37. The number of hydrogen-bond donors (Lipinski definition) is 0. The highest BCUT2D eigenvalue weighted by Gasteiger charge is 2.24. The van der Waals surface area contributed by atoms with Crippen LogP contribution < -0.4 is 4.90 Å². The Morgan fingerprint density at radius 3 is 2.69 bits per heavy atom. The largest absolute Gasteiger partial charge is 0.466 e. The minimum absolute atomic E-state index is 0.328. The summed E-state index contributed by atoms with van der Waals surface area (Å²) < 4.78 is 4.64. The number of allylic oxidation sites excluding steroid dienone is 5. The lowest BCUT2D eigenvalue weighted by atomic mass is 9.88. The fourth-order valence-corrected chi connectivity index (χ4v) is 3.33. The first-order valence-electron chi connectivity index (χ1n) is 9.35. The molecule has 0 fully saturated rings. The van der Waals surface area contributed by atoms with Gasteiger partial charge in [0.05, 0.1) is 7.11 Å². The first-order chi connectivity index (χ1) is 12.3. The predicted molar refractivity (Wildman–Crippen MR) is 111 cm³/mol. The molecule has 0 aliphatic carbocycles. The normalized spacial score (nSPS) is 18.4. The molecule has 1 atom stereocenters. The standard InChI is InChI=1S/C23H31NO2/c1-16(2)24-13-12-19(5)21-15-20(10-11-22(21)24)18(4)9-7-8-17(3)14-23(25)26-6/h7-11,14-16,19H,12-13H2,1-6H3/b8-7+,17-14+,18-9+. The first-order valence-corrected chi connectivity index (χ1v) is 9.35. The van der Waals surface area contributed by atoms with E-state index < -0.39 is 0 Å². The lowest BCUT2D eigenvalue weighted by molar-refractivity contribution is -0.134. The number of nitrogens with zero attached hydrogens (tertiary/aromatic N) is 1. The number of carbonyl (C=O) groups is 1. The van der Waals surface area contributed by atoms with Crippen LogP contribution in [0.2, 0.25) is 0 Å². The second-order valence-electron chi connectivity index (χ2n) is 7.37. The summed E-state index contributed by atoms with van der Waals surface area (Å²) in [7, 11) is 1.39. The SMILES string of the molecule is COC(=O)/C=C(C)/C=C/C=C(\C)c1ccc2c(c1)C(C)CCN2C(C)C. The minimum atomic E-state index is -0.328. The van der Waals surface area contributed by atoms with E-state index in [0.29, 0.717) is 12.0 Å². The van der Waals surface area contributed by atoms with E-state index in [1.165, 1.54) is 42.0 Å². The lowest BCUT2D eigenvalue weighted by Crippen LogP contribution is -2.36. The second-order valence-corrected chi connectivity index (χ2v) is 7.37. The summed E-state index contributed by atoms with van der Waals surface area (Å²) >= 11 is 0. The van der Waals surface area contributed by atoms with Crippen molar-refractivity contribution in [1.29, 1.82) is 0 Å². The second kappa shape index (κ2) is 8.88. The van der Waals surface area contributed by atoms with Crippen LogP contribution >= 0.6 is 0 Å². The van der Waals surface area contributed by atoms with Gasteiger partial charge < -0.3 is 9.64 Å². The summed E-state index contributed by atoms with van der Waals surface area (Å²) in [5, 5.41) is 0. The Hall–Kier alpha value is -2.29. The molecule has 0 saturated heterocycles. The molecule has 0 aromatic heterocycles. The molecule has 1 aromatic rings. The maximum Gasteiger partial charge on any atom is 0.330 e. The van der Waals surface area contributed by atoms with E-state index in [4.69, 9.17) is 0 Å². The number of hydrogen-bond acceptors (Lipinski definition) is 3. The quantitative estimate of drug-likeness (QED) is 0.398. The Kier molecular flexibility index (Phi) is 6.84. The molecule has 140 valence electrons. The third kappa shape index (κ3) is 4.87. The van der Waals surface area contributed by atoms with E-state index in [-0.39, 0.29) is 5.97 Å². The third-order valence-corrected chi connectivity index (χ3v) is 5.00. The van der Waals surface area contributed by atoms with Gasteiger partial charge in [-0.3, -0.25) is 0 Å². The molecular formula is C23H31NO2. The average molecular weight is 354 g/mol. The van der Waals surface area contributed by atoms with Crippen molar-refractivity contribution in [3.63, 3.8) is 0 Å². The Labute approximate surface area is 158 Å². The van der Waals surface area contributed by atoms with Crippen LogP contribution in [0.1, 0.15) is 58.1 Å². The number of ether oxygens (including phenoxy) is 1. The summed E-state index contributed by atoms with van der Waals surface area (Å²) in [6.07, 6.45) is 8.68. The van der Waals surface area contributed by atoms with Gasteiger partial charge >= 0.3 is 5.97 Å². The Morgan fingerprint density at radius 2 is 2.04 bits per heavy atom. The molecule has 3 nitrogen and oxygen atoms in total. The van der Waals surface area contributed by atoms with Gasteiger partial charge in [0.15, 0.2) is 0 Å². The molecule has 0 amide bonds. The molecule has 1 heterocycles. The molecule has 1 aromatic carbocycles. The summed E-state index contributed by atoms with van der Waals surface area (Å²) in [5.74, 6) is 0.264. The van der Waals surface area contributed by atoms with Gasteiger partial charge in [0.1, 0.15) is 0 Å². The predicted octanol–water partition coefficient (Wildman–Crippen LogP) is 5.49. The van der Waals surface area contributed by atoms with E-state index in [1.54, 1.807) is 0 Å². The monoisotopic (exact) mass is 353 g/mol. The van der Waals surface area contributed by atoms with Crippen LogP contribution in [-0.2, 0) is 9.53 Å². The van der Waals surface area contributed by atoms with E-state index in [2.05, 4.69) is 61.6 Å². The Morgan fingerprint density at radius 1 is 1.31 bits per heavy atom. The zero-order valence-corrected chi connectivity index (χ0v) is 16.9. The highest BCUT2D eigenvalue weighted by atomic mass is 16.5. The van der Waals surface area contributed by atoms with Crippen LogP contribution in [0.4, 0.5) is 5.69 Å². The van der Waals surface area contributed by atoms with Gasteiger partial charge in [0, 0.05) is 24.4 Å². The highest BCUT2D eigenvalue weighted by Crippen LogP contribution is 2.37. The highest BCUT2D eigenvalue weighted by molar-refractivity contribution is 5.83. The van der Waals surface area contributed by atoms with Crippen LogP contribution in [0.15, 0.2) is 48.1 Å². The van der Waals surface area contributed by atoms with Gasteiger partial charge in [0.25, 0.3) is 0 Å². The average Bonchev–Trinajstić information content (AvgIpc) is 2.61. The molecule has 0 radical (unpaired) electrons. The van der Waals surface area contributed by atoms with Crippen molar-refractivity contribution in [1.82, 2.24) is 0 Å². The van der Waals surface area contributed by atoms with Crippen LogP contribution in [0, 0.1) is 0 Å². The van der Waals surface area contributed by atoms with Crippen molar-refractivity contribution in [2.45, 2.75) is 53.0 Å². The van der Waals surface area contributed by atoms with Crippen molar-refractivity contribution < 1.29 is 9.53 Å². The van der Waals surface area contributed by atoms with E-state index in [9.17, 15) is 4.79 Å². The maximum atomic E-state index is 11.2. The van der Waals surface area contributed by atoms with Gasteiger partial charge in [-0.25, -0.2) is 4.79 Å². The molecule has 0 saturated carbocycles. The van der Waals surface area contributed by atoms with Gasteiger partial charge in [0.2, 0.25) is 0 Å². The van der Waals surface area contributed by atoms with Crippen LogP contribution in [0.25, 0.3) is 5.57 Å². The van der Waals surface area contributed by atoms with E-state index in [0.717, 1.165) is 12.1 Å². The summed E-state index contributed by atoms with van der Waals surface area (Å²) in [5.41, 5.74) is 6.15. The molecular weight excluding hydrogens is 322 g/mol. The van der Waals surface area contributed by atoms with Gasteiger partial charge in [-0.1, -0.05) is 31.2 Å². The molecule has 0 bridgehead atoms. The molecule has 1 unspecified atom stereocenters. The van der Waals surface area contributed by atoms with Gasteiger partial charge in [-0.05, 0) is 74.4 Å². The fraction of sp³-hybridized carbons (Fsp3) is 0.435. The number of methoxy groups -OCH3 is 1. The Balaban J connectivity index is 2.22. The van der Waals surface area contributed by atoms with Crippen molar-refractivity contribution in [2.75, 3.05) is 18.6 Å². The summed E-state index contributed by atoms with van der Waals surface area (Å²) in [6.45, 7) is 12.0. The van der Waals surface area contributed by atoms with Gasteiger partial charge in [-0.2, -0.15) is 0 Å². The van der Waals surface area contributed by atoms with Crippen LogP contribution in [-0.4, -0.2) is 25.7 Å². The molecule has 26 heavy (non-hydrogen) atoms. The number of anilines is 1. The van der Waals surface area contributed by atoms with Crippen LogP contribution in [0.5, 0.6) is 0 Å². The Bertz CT molecular complexity index is 741. The van der Waals surface area contributed by atoms with Crippen LogP contribution in [0.3, 0.4) is 0 Å². The van der Waals surface area contributed by atoms with E-state index >= 15 is 0 Å². The number of rotatable bonds is 5. The van der Waals surface area contributed by atoms with E-state index in [1.807, 2.05) is 19.1 Å². The number of carbonyl (C=O) groups excluding carboxylic acids is 1. The zero-order chi connectivity index (χ0) is 19.3. The molecule has 1 aliphatic heterocycles. The molecule has 2 rings (SSSR count). The third-order valence-electron chi connectivity index (χ3n) is 5.00. The van der Waals surface area contributed by atoms with Crippen molar-refractivity contribution in [3.05, 3.63) is 59.2 Å². The first kappa shape index (κ1) is 20.0. The smallest absolute Gasteiger partial charge is 0.330 e. The molecule has 1 aliphatic rings. The van der Waals surface area contributed by atoms with Crippen molar-refractivity contribution >= 4 is 17.2 Å². The molecule has 0 N–H and O–H groups in total. The van der Waals surface area contributed by atoms with Crippen molar-refractivity contribution in [2.24, 2.45) is 0 Å². The molecule has 3 heteroatoms. The number of benzene rings is 1. The number of fused-ring (bicyclic) bond motifs is 1. The molecule has 0 spiro atoms. The maximum absolute atomic E-state index is 11.2. The van der Waals surface area contributed by atoms with Gasteiger partial charge in [-0.15, -0.1) is 0 Å². The summed E-state index contributed by atoms with van der Waals surface area (Å²) in [4.78, 5) is 13.7. The fourth-order valence-electron chi connectivity index (χ4n) is 3.33.